The molecule has 0 unspecified atom stereocenters. The maximum atomic E-state index is 16.1. The summed E-state index contributed by atoms with van der Waals surface area (Å²) < 4.78 is 27.5. The molecule has 34 heavy (non-hydrogen) atoms. The fraction of sp³-hybridized carbons (Fsp3) is 0.545. The lowest BCUT2D eigenvalue weighted by Gasteiger charge is -2.55. The van der Waals surface area contributed by atoms with E-state index in [2.05, 4.69) is 15.8 Å². The fourth-order valence-corrected chi connectivity index (χ4v) is 6.14. The number of amides is 4. The maximum Gasteiger partial charge on any atom is 0.328 e. The normalized spacial score (nSPS) is 30.4. The minimum atomic E-state index is -1.67. The Morgan fingerprint density at radius 2 is 1.94 bits per heavy atom. The summed E-state index contributed by atoms with van der Waals surface area (Å²) in [6.45, 7) is 5.08. The maximum absolute atomic E-state index is 16.1. The van der Waals surface area contributed by atoms with E-state index >= 15 is 4.39 Å². The zero-order valence-electron chi connectivity index (χ0n) is 18.8. The Hall–Kier alpha value is -3.25. The Labute approximate surface area is 193 Å². The number of benzene rings is 1. The number of morpholine rings is 1. The van der Waals surface area contributed by atoms with Crippen LogP contribution in [0.1, 0.15) is 25.8 Å². The molecule has 1 spiro atoms. The molecule has 180 valence electrons. The van der Waals surface area contributed by atoms with Gasteiger partial charge in [-0.1, -0.05) is 5.16 Å². The molecule has 0 aliphatic carbocycles. The number of hydrogen-bond donors (Lipinski definition) is 3. The molecule has 12 heteroatoms. The van der Waals surface area contributed by atoms with Gasteiger partial charge in [-0.25, -0.2) is 9.18 Å². The molecule has 0 bridgehead atoms. The van der Waals surface area contributed by atoms with E-state index in [-0.39, 0.29) is 36.4 Å². The first-order valence-electron chi connectivity index (χ1n) is 11.4. The predicted octanol–water partition coefficient (Wildman–Crippen LogP) is 0.395. The number of hydrogen-bond acceptors (Lipinski definition) is 9. The summed E-state index contributed by atoms with van der Waals surface area (Å²) in [7, 11) is 0. The van der Waals surface area contributed by atoms with Gasteiger partial charge in [0, 0.05) is 32.1 Å². The molecule has 1 aromatic carbocycles. The van der Waals surface area contributed by atoms with E-state index in [9.17, 15) is 14.4 Å². The standard InChI is InChI=1S/C22H25FN6O5/c1-9-7-29-15-11(5-13-16(14(15)23)34-27-18(13)28-4-3-12(24)8-28)6-22(17(29)10(2)33-9)19(30)25-21(32)26-20(22)31/h5,9-10,12,17H,3-4,6-8,24H2,1-2H3,(H2,25,26,30,31,32)/t9-,10+,12+,17-/m1/s1. The molecule has 4 aliphatic heterocycles. The van der Waals surface area contributed by atoms with E-state index in [0.717, 1.165) is 6.42 Å². The van der Waals surface area contributed by atoms with Crippen LogP contribution in [0.15, 0.2) is 10.6 Å². The van der Waals surface area contributed by atoms with E-state index < -0.39 is 41.2 Å². The van der Waals surface area contributed by atoms with E-state index in [1.807, 2.05) is 11.8 Å². The molecule has 11 nitrogen and oxygen atoms in total. The smallest absolute Gasteiger partial charge is 0.328 e. The highest BCUT2D eigenvalue weighted by Crippen LogP contribution is 2.49. The lowest BCUT2D eigenvalue weighted by molar-refractivity contribution is -0.153. The molecule has 5 heterocycles. The van der Waals surface area contributed by atoms with Crippen LogP contribution in [0.25, 0.3) is 11.0 Å². The Morgan fingerprint density at radius 3 is 2.62 bits per heavy atom. The van der Waals surface area contributed by atoms with Gasteiger partial charge in [0.15, 0.2) is 17.1 Å². The van der Waals surface area contributed by atoms with E-state index in [0.29, 0.717) is 29.9 Å². The molecule has 0 radical (unpaired) electrons. The van der Waals surface area contributed by atoms with Crippen LogP contribution in [-0.4, -0.2) is 66.9 Å². The molecule has 4 atom stereocenters. The van der Waals surface area contributed by atoms with Crippen molar-refractivity contribution in [2.75, 3.05) is 29.4 Å². The quantitative estimate of drug-likeness (QED) is 0.502. The van der Waals surface area contributed by atoms with Crippen LogP contribution in [-0.2, 0) is 20.7 Å². The van der Waals surface area contributed by atoms with Crippen molar-refractivity contribution in [2.45, 2.75) is 51.0 Å². The van der Waals surface area contributed by atoms with E-state index in [1.54, 1.807) is 17.9 Å². The van der Waals surface area contributed by atoms with Gasteiger partial charge in [0.25, 0.3) is 0 Å². The van der Waals surface area contributed by atoms with Gasteiger partial charge in [0.1, 0.15) is 0 Å². The largest absolute Gasteiger partial charge is 0.372 e. The zero-order chi connectivity index (χ0) is 23.9. The number of ether oxygens (including phenoxy) is 1. The van der Waals surface area contributed by atoms with Crippen molar-refractivity contribution in [3.63, 3.8) is 0 Å². The molecule has 4 amide bonds. The molecular formula is C22H25FN6O5. The van der Waals surface area contributed by atoms with Crippen molar-refractivity contribution in [3.8, 4) is 0 Å². The van der Waals surface area contributed by atoms with Crippen molar-refractivity contribution in [2.24, 2.45) is 11.1 Å². The number of rotatable bonds is 1. The van der Waals surface area contributed by atoms with Crippen molar-refractivity contribution >= 4 is 40.3 Å². The highest BCUT2D eigenvalue weighted by molar-refractivity contribution is 6.20. The summed E-state index contributed by atoms with van der Waals surface area (Å²) in [6, 6.07) is 0.0319. The van der Waals surface area contributed by atoms with Gasteiger partial charge >= 0.3 is 6.03 Å². The summed E-state index contributed by atoms with van der Waals surface area (Å²) in [5.74, 6) is -1.55. The van der Waals surface area contributed by atoms with Gasteiger partial charge in [-0.2, -0.15) is 0 Å². The van der Waals surface area contributed by atoms with Crippen molar-refractivity contribution < 1.29 is 28.0 Å². The molecule has 3 fully saturated rings. The number of barbiturate groups is 1. The number of nitrogens with zero attached hydrogens (tertiary/aromatic N) is 3. The Kier molecular flexibility index (Phi) is 4.46. The number of aromatic nitrogens is 1. The van der Waals surface area contributed by atoms with Crippen LogP contribution in [0, 0.1) is 11.2 Å². The van der Waals surface area contributed by atoms with Gasteiger partial charge < -0.3 is 24.8 Å². The molecule has 3 saturated heterocycles. The number of anilines is 2. The van der Waals surface area contributed by atoms with Crippen LogP contribution in [0.5, 0.6) is 0 Å². The molecule has 6 rings (SSSR count). The van der Waals surface area contributed by atoms with Crippen LogP contribution in [0.2, 0.25) is 0 Å². The van der Waals surface area contributed by atoms with Crippen LogP contribution < -0.4 is 26.2 Å². The van der Waals surface area contributed by atoms with Gasteiger partial charge in [0.2, 0.25) is 17.4 Å². The van der Waals surface area contributed by atoms with Crippen molar-refractivity contribution in [1.29, 1.82) is 0 Å². The highest BCUT2D eigenvalue weighted by atomic mass is 19.1. The number of nitrogens with two attached hydrogens (primary N) is 1. The third kappa shape index (κ3) is 2.75. The SMILES string of the molecule is C[C@@H]1CN2c3c(cc4c(N5CC[C@H](N)C5)noc4c3F)CC3(C(=O)NC(=O)NC3=O)[C@H]2[C@H](C)O1. The minimum Gasteiger partial charge on any atom is -0.372 e. The molecule has 4 aliphatic rings. The average molecular weight is 472 g/mol. The molecule has 0 saturated carbocycles. The Bertz CT molecular complexity index is 1230. The topological polar surface area (TPSA) is 143 Å². The molecule has 2 aromatic rings. The fourth-order valence-electron chi connectivity index (χ4n) is 6.14. The highest BCUT2D eigenvalue weighted by Gasteiger charge is 2.63. The first kappa shape index (κ1) is 21.3. The molecule has 1 aromatic heterocycles. The third-order valence-corrected chi connectivity index (χ3v) is 7.47. The number of halogens is 1. The number of nitrogens with one attached hydrogen (secondary N) is 2. The second-order valence-electron chi connectivity index (χ2n) is 9.71. The number of carbonyl (C=O) groups excluding carboxylic acids is 3. The Morgan fingerprint density at radius 1 is 1.21 bits per heavy atom. The first-order valence-corrected chi connectivity index (χ1v) is 11.4. The van der Waals surface area contributed by atoms with Gasteiger partial charge in [0.05, 0.1) is 29.3 Å². The number of imide groups is 2. The molecule has 4 N–H and O–H groups in total. The summed E-state index contributed by atoms with van der Waals surface area (Å²) in [5.41, 5.74) is 5.12. The predicted molar refractivity (Wildman–Crippen MR) is 118 cm³/mol. The minimum absolute atomic E-state index is 0.0123. The second-order valence-corrected chi connectivity index (χ2v) is 9.71. The number of fused-ring (bicyclic) bond motifs is 5. The van der Waals surface area contributed by atoms with Gasteiger partial charge in [-0.3, -0.25) is 20.2 Å². The summed E-state index contributed by atoms with van der Waals surface area (Å²) in [4.78, 5) is 42.1. The number of carbonyl (C=O) groups is 3. The zero-order valence-corrected chi connectivity index (χ0v) is 18.8. The Balaban J connectivity index is 1.56. The van der Waals surface area contributed by atoms with E-state index in [4.69, 9.17) is 15.0 Å². The van der Waals surface area contributed by atoms with E-state index in [1.165, 1.54) is 0 Å². The van der Waals surface area contributed by atoms with Gasteiger partial charge in [-0.15, -0.1) is 0 Å². The lowest BCUT2D eigenvalue weighted by Crippen LogP contribution is -2.75. The van der Waals surface area contributed by atoms with Crippen LogP contribution in [0.4, 0.5) is 20.7 Å². The monoisotopic (exact) mass is 472 g/mol. The van der Waals surface area contributed by atoms with Gasteiger partial charge in [-0.05, 0) is 31.9 Å². The third-order valence-electron chi connectivity index (χ3n) is 7.47. The lowest BCUT2D eigenvalue weighted by atomic mass is 9.66. The van der Waals surface area contributed by atoms with Crippen LogP contribution in [0.3, 0.4) is 0 Å². The average Bonchev–Trinajstić information content (AvgIpc) is 3.37. The van der Waals surface area contributed by atoms with Crippen molar-refractivity contribution in [3.05, 3.63) is 17.4 Å². The number of urea groups is 1. The first-order chi connectivity index (χ1) is 16.2. The summed E-state index contributed by atoms with van der Waals surface area (Å²) in [6.07, 6.45) is -0.192. The summed E-state index contributed by atoms with van der Waals surface area (Å²) in [5, 5.41) is 9.06. The van der Waals surface area contributed by atoms with Crippen molar-refractivity contribution in [1.82, 2.24) is 15.8 Å². The van der Waals surface area contributed by atoms with Crippen LogP contribution >= 0.6 is 0 Å². The second kappa shape index (κ2) is 7.12. The summed E-state index contributed by atoms with van der Waals surface area (Å²) >= 11 is 0. The molecular weight excluding hydrogens is 447 g/mol.